The van der Waals surface area contributed by atoms with Crippen molar-refractivity contribution >= 4 is 17.2 Å². The van der Waals surface area contributed by atoms with Crippen LogP contribution in [0.2, 0.25) is 0 Å². The summed E-state index contributed by atoms with van der Waals surface area (Å²) in [6.45, 7) is 4.29. The van der Waals surface area contributed by atoms with Crippen LogP contribution in [0.3, 0.4) is 0 Å². The van der Waals surface area contributed by atoms with Crippen LogP contribution in [-0.4, -0.2) is 11.1 Å². The first kappa shape index (κ1) is 14.3. The molecule has 0 spiro atoms. The second-order valence-electron chi connectivity index (χ2n) is 5.47. The predicted octanol–water partition coefficient (Wildman–Crippen LogP) is 3.98. The Morgan fingerprint density at radius 1 is 1.37 bits per heavy atom. The molecule has 1 aliphatic carbocycles. The number of aryl methyl sites for hydroxylation is 1. The first-order valence-corrected chi connectivity index (χ1v) is 7.59. The lowest BCUT2D eigenvalue weighted by Crippen LogP contribution is -2.30. The third-order valence-corrected chi connectivity index (χ3v) is 4.26. The van der Waals surface area contributed by atoms with Crippen molar-refractivity contribution in [2.45, 2.75) is 52.1 Å². The topological polar surface area (TPSA) is 35.2 Å². The first-order chi connectivity index (χ1) is 9.11. The Balaban J connectivity index is 2.20. The molecule has 0 heterocycles. The molecule has 0 aliphatic heterocycles. The Hall–Kier alpha value is -1.09. The van der Waals surface area contributed by atoms with Crippen LogP contribution < -0.4 is 10.5 Å². The summed E-state index contributed by atoms with van der Waals surface area (Å²) in [7, 11) is 0. The van der Waals surface area contributed by atoms with Gasteiger partial charge in [0.25, 0.3) is 0 Å². The van der Waals surface area contributed by atoms with Gasteiger partial charge in [0.1, 0.15) is 16.8 Å². The molecule has 3 heteroatoms. The number of hydrogen-bond donors (Lipinski definition) is 1. The summed E-state index contributed by atoms with van der Waals surface area (Å²) in [5.41, 5.74) is 7.84. The third-order valence-electron chi connectivity index (χ3n) is 4.04. The van der Waals surface area contributed by atoms with Gasteiger partial charge in [-0.25, -0.2) is 0 Å². The van der Waals surface area contributed by atoms with E-state index in [9.17, 15) is 0 Å². The molecule has 0 aromatic heterocycles. The van der Waals surface area contributed by atoms with Crippen LogP contribution in [-0.2, 0) is 0 Å². The summed E-state index contributed by atoms with van der Waals surface area (Å²) < 4.78 is 6.24. The zero-order valence-corrected chi connectivity index (χ0v) is 12.6. The second kappa shape index (κ2) is 6.38. The van der Waals surface area contributed by atoms with Crippen LogP contribution in [0.15, 0.2) is 18.2 Å². The molecule has 1 aromatic carbocycles. The SMILES string of the molecule is CCC1CCCCC1Oc1ccc(C)cc1C(N)=S. The molecule has 1 aliphatic rings. The quantitative estimate of drug-likeness (QED) is 0.846. The van der Waals surface area contributed by atoms with Gasteiger partial charge >= 0.3 is 0 Å². The van der Waals surface area contributed by atoms with E-state index in [2.05, 4.69) is 13.0 Å². The molecule has 0 amide bonds. The lowest BCUT2D eigenvalue weighted by molar-refractivity contribution is 0.0902. The maximum absolute atomic E-state index is 6.24. The molecule has 2 unspecified atom stereocenters. The number of benzene rings is 1. The van der Waals surface area contributed by atoms with E-state index in [1.807, 2.05) is 19.1 Å². The average molecular weight is 277 g/mol. The Labute approximate surface area is 121 Å². The maximum atomic E-state index is 6.24. The molecule has 2 rings (SSSR count). The molecular formula is C16H23NOS. The molecule has 0 radical (unpaired) electrons. The summed E-state index contributed by atoms with van der Waals surface area (Å²) in [6, 6.07) is 6.08. The van der Waals surface area contributed by atoms with Crippen molar-refractivity contribution in [1.82, 2.24) is 0 Å². The normalized spacial score (nSPS) is 23.1. The van der Waals surface area contributed by atoms with Gasteiger partial charge in [0.05, 0.1) is 5.56 Å². The van der Waals surface area contributed by atoms with E-state index in [4.69, 9.17) is 22.7 Å². The van der Waals surface area contributed by atoms with Gasteiger partial charge in [-0.15, -0.1) is 0 Å². The summed E-state index contributed by atoms with van der Waals surface area (Å²) >= 11 is 5.13. The summed E-state index contributed by atoms with van der Waals surface area (Å²) in [5.74, 6) is 1.51. The zero-order valence-electron chi connectivity index (χ0n) is 11.8. The Kier molecular flexibility index (Phi) is 4.81. The van der Waals surface area contributed by atoms with E-state index in [0.717, 1.165) is 23.3 Å². The van der Waals surface area contributed by atoms with E-state index in [-0.39, 0.29) is 0 Å². The van der Waals surface area contributed by atoms with Gasteiger partial charge in [0.15, 0.2) is 0 Å². The minimum absolute atomic E-state index is 0.314. The zero-order chi connectivity index (χ0) is 13.8. The first-order valence-electron chi connectivity index (χ1n) is 7.19. The summed E-state index contributed by atoms with van der Waals surface area (Å²) in [5, 5.41) is 0. The second-order valence-corrected chi connectivity index (χ2v) is 5.91. The van der Waals surface area contributed by atoms with Crippen LogP contribution in [0.25, 0.3) is 0 Å². The third kappa shape index (κ3) is 3.47. The van der Waals surface area contributed by atoms with Gasteiger partial charge in [0.2, 0.25) is 0 Å². The fraction of sp³-hybridized carbons (Fsp3) is 0.562. The van der Waals surface area contributed by atoms with Crippen LogP contribution in [0.1, 0.15) is 50.2 Å². The molecule has 2 N–H and O–H groups in total. The highest BCUT2D eigenvalue weighted by Crippen LogP contribution is 2.32. The van der Waals surface area contributed by atoms with Crippen molar-refractivity contribution in [3.63, 3.8) is 0 Å². The van der Waals surface area contributed by atoms with Gasteiger partial charge in [-0.2, -0.15) is 0 Å². The van der Waals surface area contributed by atoms with E-state index in [1.165, 1.54) is 25.7 Å². The molecule has 104 valence electrons. The van der Waals surface area contributed by atoms with Crippen LogP contribution in [0.4, 0.5) is 0 Å². The smallest absolute Gasteiger partial charge is 0.129 e. The minimum atomic E-state index is 0.314. The van der Waals surface area contributed by atoms with Crippen LogP contribution >= 0.6 is 12.2 Å². The van der Waals surface area contributed by atoms with Gasteiger partial charge in [0, 0.05) is 0 Å². The maximum Gasteiger partial charge on any atom is 0.129 e. The monoisotopic (exact) mass is 277 g/mol. The number of ether oxygens (including phenoxy) is 1. The lowest BCUT2D eigenvalue weighted by Gasteiger charge is -2.31. The molecule has 0 saturated heterocycles. The van der Waals surface area contributed by atoms with Gasteiger partial charge in [-0.3, -0.25) is 0 Å². The Bertz CT molecular complexity index is 458. The average Bonchev–Trinajstić information content (AvgIpc) is 2.41. The highest BCUT2D eigenvalue weighted by molar-refractivity contribution is 7.80. The van der Waals surface area contributed by atoms with Crippen molar-refractivity contribution in [2.75, 3.05) is 0 Å². The molecule has 2 atom stereocenters. The predicted molar refractivity (Wildman–Crippen MR) is 83.7 cm³/mol. The molecule has 19 heavy (non-hydrogen) atoms. The van der Waals surface area contributed by atoms with Gasteiger partial charge in [-0.05, 0) is 50.7 Å². The van der Waals surface area contributed by atoms with Crippen LogP contribution in [0.5, 0.6) is 5.75 Å². The molecule has 1 fully saturated rings. The molecular weight excluding hydrogens is 254 g/mol. The van der Waals surface area contributed by atoms with E-state index in [1.54, 1.807) is 0 Å². The highest BCUT2D eigenvalue weighted by atomic mass is 32.1. The van der Waals surface area contributed by atoms with Gasteiger partial charge < -0.3 is 10.5 Å². The number of thiocarbonyl (C=S) groups is 1. The van der Waals surface area contributed by atoms with Crippen LogP contribution in [0, 0.1) is 12.8 Å². The standard InChI is InChI=1S/C16H23NOS/c1-3-12-6-4-5-7-14(12)18-15-9-8-11(2)10-13(15)16(17)19/h8-10,12,14H,3-7H2,1-2H3,(H2,17,19). The van der Waals surface area contributed by atoms with E-state index in [0.29, 0.717) is 17.0 Å². The van der Waals surface area contributed by atoms with Gasteiger partial charge in [-0.1, -0.05) is 37.2 Å². The number of hydrogen-bond acceptors (Lipinski definition) is 2. The highest BCUT2D eigenvalue weighted by Gasteiger charge is 2.26. The molecule has 2 nitrogen and oxygen atoms in total. The Morgan fingerprint density at radius 3 is 2.79 bits per heavy atom. The van der Waals surface area contributed by atoms with E-state index >= 15 is 0 Å². The lowest BCUT2D eigenvalue weighted by atomic mass is 9.84. The Morgan fingerprint density at radius 2 is 2.11 bits per heavy atom. The number of nitrogens with two attached hydrogens (primary N) is 1. The van der Waals surface area contributed by atoms with Crippen molar-refractivity contribution in [1.29, 1.82) is 0 Å². The largest absolute Gasteiger partial charge is 0.489 e. The minimum Gasteiger partial charge on any atom is -0.489 e. The fourth-order valence-electron chi connectivity index (χ4n) is 2.90. The van der Waals surface area contributed by atoms with Crippen molar-refractivity contribution < 1.29 is 4.74 Å². The molecule has 0 bridgehead atoms. The summed E-state index contributed by atoms with van der Waals surface area (Å²) in [4.78, 5) is 0.419. The number of rotatable bonds is 4. The fourth-order valence-corrected chi connectivity index (χ4v) is 3.06. The summed E-state index contributed by atoms with van der Waals surface area (Å²) in [6.07, 6.45) is 6.50. The van der Waals surface area contributed by atoms with E-state index < -0.39 is 0 Å². The van der Waals surface area contributed by atoms with Crippen molar-refractivity contribution in [3.05, 3.63) is 29.3 Å². The van der Waals surface area contributed by atoms with Crippen molar-refractivity contribution in [3.8, 4) is 5.75 Å². The van der Waals surface area contributed by atoms with Crippen molar-refractivity contribution in [2.24, 2.45) is 11.7 Å². The molecule has 1 saturated carbocycles. The molecule has 1 aromatic rings.